The first-order valence-electron chi connectivity index (χ1n) is 5.29. The normalized spacial score (nSPS) is 37.2. The van der Waals surface area contributed by atoms with E-state index in [2.05, 4.69) is 39.5 Å². The summed E-state index contributed by atoms with van der Waals surface area (Å²) in [5, 5.41) is 1.87. The average Bonchev–Trinajstić information content (AvgIpc) is 2.03. The summed E-state index contributed by atoms with van der Waals surface area (Å²) in [5.41, 5.74) is 0. The minimum Gasteiger partial charge on any atom is -0.155 e. The molecule has 0 nitrogen and oxygen atoms in total. The molecule has 12 heavy (non-hydrogen) atoms. The fourth-order valence-corrected chi connectivity index (χ4v) is 3.87. The number of thioether (sulfide) groups is 1. The summed E-state index contributed by atoms with van der Waals surface area (Å²) in [6.45, 7) is 9.47. The van der Waals surface area contributed by atoms with E-state index in [1.165, 1.54) is 19.3 Å². The first kappa shape index (κ1) is 10.4. The van der Waals surface area contributed by atoms with Crippen LogP contribution < -0.4 is 0 Å². The molecule has 0 radical (unpaired) electrons. The number of hydrogen-bond acceptors (Lipinski definition) is 1. The Kier molecular flexibility index (Phi) is 3.95. The van der Waals surface area contributed by atoms with E-state index in [9.17, 15) is 0 Å². The molecule has 1 rings (SSSR count). The second kappa shape index (κ2) is 4.55. The maximum Gasteiger partial charge on any atom is 0.00753 e. The summed E-state index contributed by atoms with van der Waals surface area (Å²) >= 11 is 2.24. The molecule has 0 amide bonds. The summed E-state index contributed by atoms with van der Waals surface area (Å²) in [6.07, 6.45) is 4.25. The molecule has 0 N–H and O–H groups in total. The van der Waals surface area contributed by atoms with Crippen LogP contribution in [0.25, 0.3) is 0 Å². The maximum atomic E-state index is 2.41. The van der Waals surface area contributed by atoms with Gasteiger partial charge in [0.15, 0.2) is 0 Å². The van der Waals surface area contributed by atoms with Gasteiger partial charge in [-0.15, -0.1) is 0 Å². The van der Waals surface area contributed by atoms with Crippen molar-refractivity contribution in [3.8, 4) is 0 Å². The van der Waals surface area contributed by atoms with Crippen molar-refractivity contribution in [1.82, 2.24) is 0 Å². The van der Waals surface area contributed by atoms with E-state index in [-0.39, 0.29) is 0 Å². The molecule has 0 aromatic heterocycles. The van der Waals surface area contributed by atoms with E-state index in [1.807, 2.05) is 0 Å². The van der Waals surface area contributed by atoms with Gasteiger partial charge in [-0.3, -0.25) is 0 Å². The van der Waals surface area contributed by atoms with Gasteiger partial charge >= 0.3 is 0 Å². The highest BCUT2D eigenvalue weighted by Crippen LogP contribution is 2.39. The molecule has 0 aliphatic carbocycles. The van der Waals surface area contributed by atoms with Gasteiger partial charge < -0.3 is 0 Å². The summed E-state index contributed by atoms with van der Waals surface area (Å²) < 4.78 is 0. The van der Waals surface area contributed by atoms with Crippen LogP contribution in [0.1, 0.15) is 47.0 Å². The molecule has 1 aliphatic heterocycles. The van der Waals surface area contributed by atoms with Gasteiger partial charge in [-0.05, 0) is 31.1 Å². The summed E-state index contributed by atoms with van der Waals surface area (Å²) in [4.78, 5) is 0. The molecular weight excluding hydrogens is 164 g/mol. The van der Waals surface area contributed by atoms with E-state index in [0.717, 1.165) is 22.3 Å². The first-order chi connectivity index (χ1) is 5.63. The second-order valence-electron chi connectivity index (χ2n) is 4.53. The third-order valence-electron chi connectivity index (χ3n) is 2.87. The quantitative estimate of drug-likeness (QED) is 0.629. The zero-order chi connectivity index (χ0) is 9.14. The van der Waals surface area contributed by atoms with E-state index in [1.54, 1.807) is 0 Å². The van der Waals surface area contributed by atoms with Crippen LogP contribution in [0.3, 0.4) is 0 Å². The molecule has 0 bridgehead atoms. The summed E-state index contributed by atoms with van der Waals surface area (Å²) in [6, 6.07) is 0. The minimum absolute atomic E-state index is 0.867. The Balaban J connectivity index is 2.45. The van der Waals surface area contributed by atoms with E-state index in [4.69, 9.17) is 0 Å². The van der Waals surface area contributed by atoms with Crippen LogP contribution in [-0.2, 0) is 0 Å². The van der Waals surface area contributed by atoms with Crippen molar-refractivity contribution >= 4 is 11.8 Å². The van der Waals surface area contributed by atoms with E-state index in [0.29, 0.717) is 0 Å². The molecule has 1 heterocycles. The largest absolute Gasteiger partial charge is 0.155 e. The second-order valence-corrected chi connectivity index (χ2v) is 6.07. The highest BCUT2D eigenvalue weighted by atomic mass is 32.2. The van der Waals surface area contributed by atoms with Crippen LogP contribution in [-0.4, -0.2) is 10.5 Å². The van der Waals surface area contributed by atoms with Crippen LogP contribution in [0.2, 0.25) is 0 Å². The lowest BCUT2D eigenvalue weighted by Crippen LogP contribution is -2.26. The van der Waals surface area contributed by atoms with Gasteiger partial charge in [0.05, 0.1) is 0 Å². The predicted molar refractivity (Wildman–Crippen MR) is 58.7 cm³/mol. The Morgan fingerprint density at radius 3 is 2.50 bits per heavy atom. The molecule has 1 fully saturated rings. The van der Waals surface area contributed by atoms with Gasteiger partial charge in [0, 0.05) is 10.5 Å². The molecule has 3 atom stereocenters. The molecule has 0 aromatic rings. The topological polar surface area (TPSA) is 0 Å². The van der Waals surface area contributed by atoms with Gasteiger partial charge in [0.1, 0.15) is 0 Å². The monoisotopic (exact) mass is 186 g/mol. The fourth-order valence-electron chi connectivity index (χ4n) is 1.99. The lowest BCUT2D eigenvalue weighted by Gasteiger charge is -2.34. The van der Waals surface area contributed by atoms with Crippen LogP contribution in [0.5, 0.6) is 0 Å². The maximum absolute atomic E-state index is 2.41. The van der Waals surface area contributed by atoms with Crippen molar-refractivity contribution in [2.75, 3.05) is 0 Å². The van der Waals surface area contributed by atoms with E-state index < -0.39 is 0 Å². The van der Waals surface area contributed by atoms with Crippen molar-refractivity contribution in [2.45, 2.75) is 57.5 Å². The van der Waals surface area contributed by atoms with Gasteiger partial charge in [-0.1, -0.05) is 27.7 Å². The molecule has 72 valence electrons. The molecule has 0 saturated carbocycles. The van der Waals surface area contributed by atoms with Crippen molar-refractivity contribution in [1.29, 1.82) is 0 Å². The number of hydrogen-bond donors (Lipinski definition) is 0. The molecular formula is C11H22S. The molecule has 3 unspecified atom stereocenters. The van der Waals surface area contributed by atoms with Gasteiger partial charge in [-0.2, -0.15) is 11.8 Å². The summed E-state index contributed by atoms with van der Waals surface area (Å²) in [5.74, 6) is 1.83. The SMILES string of the molecule is CCC1CC(C)CC(C(C)C)S1. The Morgan fingerprint density at radius 2 is 2.00 bits per heavy atom. The van der Waals surface area contributed by atoms with Crippen LogP contribution in [0.4, 0.5) is 0 Å². The lowest BCUT2D eigenvalue weighted by molar-refractivity contribution is 0.409. The highest BCUT2D eigenvalue weighted by molar-refractivity contribution is 8.00. The lowest BCUT2D eigenvalue weighted by atomic mass is 9.93. The smallest absolute Gasteiger partial charge is 0.00753 e. The fraction of sp³-hybridized carbons (Fsp3) is 1.00. The molecule has 0 aromatic carbocycles. The van der Waals surface area contributed by atoms with Gasteiger partial charge in [-0.25, -0.2) is 0 Å². The van der Waals surface area contributed by atoms with Crippen molar-refractivity contribution in [2.24, 2.45) is 11.8 Å². The van der Waals surface area contributed by atoms with Crippen LogP contribution in [0, 0.1) is 11.8 Å². The van der Waals surface area contributed by atoms with Crippen molar-refractivity contribution in [3.63, 3.8) is 0 Å². The van der Waals surface area contributed by atoms with Crippen molar-refractivity contribution < 1.29 is 0 Å². The van der Waals surface area contributed by atoms with Gasteiger partial charge in [0.2, 0.25) is 0 Å². The Hall–Kier alpha value is 0.350. The Morgan fingerprint density at radius 1 is 1.33 bits per heavy atom. The summed E-state index contributed by atoms with van der Waals surface area (Å²) in [7, 11) is 0. The van der Waals surface area contributed by atoms with Crippen molar-refractivity contribution in [3.05, 3.63) is 0 Å². The number of rotatable bonds is 2. The molecule has 1 heteroatoms. The third kappa shape index (κ3) is 2.69. The predicted octanol–water partition coefficient (Wildman–Crippen LogP) is 3.95. The Labute approximate surface area is 81.5 Å². The molecule has 0 spiro atoms. The highest BCUT2D eigenvalue weighted by Gasteiger charge is 2.27. The zero-order valence-corrected chi connectivity index (χ0v) is 9.66. The molecule has 1 saturated heterocycles. The van der Waals surface area contributed by atoms with Crippen LogP contribution >= 0.6 is 11.8 Å². The average molecular weight is 186 g/mol. The van der Waals surface area contributed by atoms with Crippen LogP contribution in [0.15, 0.2) is 0 Å². The Bertz CT molecular complexity index is 131. The minimum atomic E-state index is 0.867. The molecule has 1 aliphatic rings. The van der Waals surface area contributed by atoms with E-state index >= 15 is 0 Å². The third-order valence-corrected chi connectivity index (χ3v) is 4.86. The zero-order valence-electron chi connectivity index (χ0n) is 8.84. The first-order valence-corrected chi connectivity index (χ1v) is 6.23. The van der Waals surface area contributed by atoms with Gasteiger partial charge in [0.25, 0.3) is 0 Å². The standard InChI is InChI=1S/C11H22S/c1-5-10-6-9(4)7-11(12-10)8(2)3/h8-11H,5-7H2,1-4H3.